The number of carbonyl (C=O) groups excluding carboxylic acids is 1. The van der Waals surface area contributed by atoms with Crippen molar-refractivity contribution in [3.05, 3.63) is 66.0 Å². The first kappa shape index (κ1) is 18.6. The Hall–Kier alpha value is -3.41. The maximum Gasteiger partial charge on any atom is 0.225 e. The summed E-state index contributed by atoms with van der Waals surface area (Å²) in [5, 5.41) is 4.08. The largest absolute Gasteiger partial charge is 0.450 e. The van der Waals surface area contributed by atoms with Gasteiger partial charge in [-0.2, -0.15) is 0 Å². The topological polar surface area (TPSA) is 71.3 Å². The number of nitrogens with one attached hydrogen (secondary N) is 1. The molecule has 1 saturated heterocycles. The van der Waals surface area contributed by atoms with E-state index in [1.54, 1.807) is 6.33 Å². The molecule has 5 rings (SSSR count). The molecule has 1 N–H and O–H groups in total. The predicted octanol–water partition coefficient (Wildman–Crippen LogP) is 4.22. The Morgan fingerprint density at radius 3 is 2.87 bits per heavy atom. The molecule has 0 unspecified atom stereocenters. The van der Waals surface area contributed by atoms with E-state index in [1.807, 2.05) is 24.3 Å². The normalized spacial score (nSPS) is 16.8. The van der Waals surface area contributed by atoms with Crippen molar-refractivity contribution in [2.75, 3.05) is 18.0 Å². The quantitative estimate of drug-likeness (QED) is 0.555. The van der Waals surface area contributed by atoms with Crippen LogP contribution in [0.3, 0.4) is 0 Å². The van der Waals surface area contributed by atoms with Crippen LogP contribution in [0.2, 0.25) is 0 Å². The first-order valence-corrected chi connectivity index (χ1v) is 10.4. The molecule has 1 atom stereocenters. The van der Waals surface area contributed by atoms with Crippen molar-refractivity contribution >= 4 is 33.8 Å². The minimum absolute atomic E-state index is 0.0707. The van der Waals surface area contributed by atoms with Crippen molar-refractivity contribution in [3.8, 4) is 0 Å². The second kappa shape index (κ2) is 7.78. The van der Waals surface area contributed by atoms with Crippen LogP contribution in [-0.2, 0) is 11.3 Å². The van der Waals surface area contributed by atoms with Gasteiger partial charge in [0.05, 0.1) is 5.92 Å². The minimum atomic E-state index is -0.0707. The third kappa shape index (κ3) is 3.49. The van der Waals surface area contributed by atoms with E-state index in [1.165, 1.54) is 5.56 Å². The lowest BCUT2D eigenvalue weighted by atomic mass is 9.97. The Bertz CT molecular complexity index is 1200. The summed E-state index contributed by atoms with van der Waals surface area (Å²) in [6.07, 6.45) is 3.40. The van der Waals surface area contributed by atoms with Crippen molar-refractivity contribution < 1.29 is 9.21 Å². The van der Waals surface area contributed by atoms with Crippen molar-refractivity contribution in [2.45, 2.75) is 26.3 Å². The van der Waals surface area contributed by atoms with Gasteiger partial charge in [0.25, 0.3) is 0 Å². The zero-order chi connectivity index (χ0) is 20.5. The summed E-state index contributed by atoms with van der Waals surface area (Å²) in [4.78, 5) is 23.9. The summed E-state index contributed by atoms with van der Waals surface area (Å²) >= 11 is 0. The lowest BCUT2D eigenvalue weighted by molar-refractivity contribution is -0.125. The maximum absolute atomic E-state index is 12.8. The van der Waals surface area contributed by atoms with Crippen LogP contribution in [0.4, 0.5) is 5.82 Å². The van der Waals surface area contributed by atoms with Crippen molar-refractivity contribution in [3.63, 3.8) is 0 Å². The standard InChI is InChI=1S/C24H24N4O2/c1-16-8-10-17(11-9-16)13-25-24(29)18-5-4-12-28(14-18)23-22-21(26-15-27-23)19-6-2-3-7-20(19)30-22/h2-3,6-11,15,18H,4-5,12-14H2,1H3,(H,25,29)/t18-/m1/s1. The summed E-state index contributed by atoms with van der Waals surface area (Å²) in [5.41, 5.74) is 4.65. The van der Waals surface area contributed by atoms with Gasteiger partial charge in [-0.15, -0.1) is 0 Å². The van der Waals surface area contributed by atoms with Gasteiger partial charge in [0.1, 0.15) is 17.4 Å². The van der Waals surface area contributed by atoms with E-state index in [0.29, 0.717) is 18.7 Å². The van der Waals surface area contributed by atoms with Gasteiger partial charge in [0, 0.05) is 25.0 Å². The van der Waals surface area contributed by atoms with E-state index >= 15 is 0 Å². The van der Waals surface area contributed by atoms with Gasteiger partial charge in [0.15, 0.2) is 11.4 Å². The average Bonchev–Trinajstić information content (AvgIpc) is 3.17. The molecule has 0 saturated carbocycles. The Morgan fingerprint density at radius 2 is 2.00 bits per heavy atom. The predicted molar refractivity (Wildman–Crippen MR) is 117 cm³/mol. The molecule has 0 radical (unpaired) electrons. The molecule has 2 aromatic carbocycles. The molecular weight excluding hydrogens is 376 g/mol. The van der Waals surface area contributed by atoms with E-state index in [2.05, 4.69) is 51.4 Å². The fourth-order valence-corrected chi connectivity index (χ4v) is 4.16. The molecule has 0 aliphatic carbocycles. The lowest BCUT2D eigenvalue weighted by Gasteiger charge is -2.32. The van der Waals surface area contributed by atoms with Crippen LogP contribution in [0.25, 0.3) is 22.1 Å². The molecule has 6 heteroatoms. The van der Waals surface area contributed by atoms with E-state index in [0.717, 1.165) is 47.3 Å². The number of carbonyl (C=O) groups is 1. The van der Waals surface area contributed by atoms with Gasteiger partial charge in [0.2, 0.25) is 5.91 Å². The van der Waals surface area contributed by atoms with E-state index < -0.39 is 0 Å². The van der Waals surface area contributed by atoms with Gasteiger partial charge < -0.3 is 14.6 Å². The number of rotatable bonds is 4. The number of anilines is 1. The third-order valence-electron chi connectivity index (χ3n) is 5.82. The number of fused-ring (bicyclic) bond motifs is 3. The van der Waals surface area contributed by atoms with Crippen LogP contribution in [-0.4, -0.2) is 29.0 Å². The summed E-state index contributed by atoms with van der Waals surface area (Å²) in [6.45, 7) is 4.09. The SMILES string of the molecule is Cc1ccc(CNC(=O)[C@@H]2CCCN(c3ncnc4c3oc3ccccc34)C2)cc1. The highest BCUT2D eigenvalue weighted by molar-refractivity contribution is 6.05. The number of aromatic nitrogens is 2. The second-order valence-corrected chi connectivity index (χ2v) is 7.96. The molecule has 30 heavy (non-hydrogen) atoms. The van der Waals surface area contributed by atoms with Crippen LogP contribution >= 0.6 is 0 Å². The highest BCUT2D eigenvalue weighted by atomic mass is 16.3. The van der Waals surface area contributed by atoms with Gasteiger partial charge in [-0.05, 0) is 37.5 Å². The number of aryl methyl sites for hydroxylation is 1. The van der Waals surface area contributed by atoms with E-state index in [-0.39, 0.29) is 11.8 Å². The fourth-order valence-electron chi connectivity index (χ4n) is 4.16. The summed E-state index contributed by atoms with van der Waals surface area (Å²) < 4.78 is 6.08. The molecule has 6 nitrogen and oxygen atoms in total. The van der Waals surface area contributed by atoms with Crippen molar-refractivity contribution in [1.82, 2.24) is 15.3 Å². The maximum atomic E-state index is 12.8. The molecule has 1 aliphatic heterocycles. The molecule has 0 spiro atoms. The Morgan fingerprint density at radius 1 is 1.17 bits per heavy atom. The molecule has 3 heterocycles. The first-order chi connectivity index (χ1) is 14.7. The van der Waals surface area contributed by atoms with E-state index in [9.17, 15) is 4.79 Å². The molecule has 2 aromatic heterocycles. The summed E-state index contributed by atoms with van der Waals surface area (Å²) in [5.74, 6) is 0.793. The first-order valence-electron chi connectivity index (χ1n) is 10.4. The second-order valence-electron chi connectivity index (χ2n) is 7.96. The highest BCUT2D eigenvalue weighted by Gasteiger charge is 2.28. The average molecular weight is 400 g/mol. The Kier molecular flexibility index (Phi) is 4.83. The Balaban J connectivity index is 1.34. The number of para-hydroxylation sites is 1. The zero-order valence-corrected chi connectivity index (χ0v) is 17.0. The molecule has 1 aliphatic rings. The molecule has 1 amide bonds. The van der Waals surface area contributed by atoms with Crippen molar-refractivity contribution in [1.29, 1.82) is 0 Å². The van der Waals surface area contributed by atoms with Crippen LogP contribution < -0.4 is 10.2 Å². The Labute approximate surface area is 174 Å². The molecule has 152 valence electrons. The number of piperidine rings is 1. The lowest BCUT2D eigenvalue weighted by Crippen LogP contribution is -2.43. The van der Waals surface area contributed by atoms with Crippen LogP contribution in [0.5, 0.6) is 0 Å². The number of amides is 1. The molecule has 1 fully saturated rings. The smallest absolute Gasteiger partial charge is 0.225 e. The summed E-state index contributed by atoms with van der Waals surface area (Å²) in [7, 11) is 0. The number of benzene rings is 2. The number of hydrogen-bond donors (Lipinski definition) is 1. The molecule has 4 aromatic rings. The number of hydrogen-bond acceptors (Lipinski definition) is 5. The van der Waals surface area contributed by atoms with Crippen LogP contribution in [0.1, 0.15) is 24.0 Å². The zero-order valence-electron chi connectivity index (χ0n) is 17.0. The minimum Gasteiger partial charge on any atom is -0.450 e. The molecule has 0 bridgehead atoms. The molecular formula is C24H24N4O2. The van der Waals surface area contributed by atoms with Gasteiger partial charge in [-0.3, -0.25) is 4.79 Å². The van der Waals surface area contributed by atoms with E-state index in [4.69, 9.17) is 4.42 Å². The highest BCUT2D eigenvalue weighted by Crippen LogP contribution is 2.33. The van der Waals surface area contributed by atoms with Gasteiger partial charge in [-0.1, -0.05) is 42.0 Å². The monoisotopic (exact) mass is 400 g/mol. The third-order valence-corrected chi connectivity index (χ3v) is 5.82. The number of furan rings is 1. The fraction of sp³-hybridized carbons (Fsp3) is 0.292. The van der Waals surface area contributed by atoms with Crippen molar-refractivity contribution in [2.24, 2.45) is 5.92 Å². The van der Waals surface area contributed by atoms with Crippen LogP contribution in [0, 0.1) is 12.8 Å². The van der Waals surface area contributed by atoms with Crippen LogP contribution in [0.15, 0.2) is 59.3 Å². The summed E-state index contributed by atoms with van der Waals surface area (Å²) in [6, 6.07) is 16.1. The van der Waals surface area contributed by atoms with Gasteiger partial charge in [-0.25, -0.2) is 9.97 Å². The van der Waals surface area contributed by atoms with Gasteiger partial charge >= 0.3 is 0 Å². The number of nitrogens with zero attached hydrogens (tertiary/aromatic N) is 3.